The van der Waals surface area contributed by atoms with Gasteiger partial charge < -0.3 is 15.0 Å². The Balaban J connectivity index is 2.47. The topological polar surface area (TPSA) is 97.7 Å². The fourth-order valence-electron chi connectivity index (χ4n) is 2.44. The molecular weight excluding hydrogens is 313 g/mol. The molecule has 1 aromatic heterocycles. The second kappa shape index (κ2) is 6.44. The summed E-state index contributed by atoms with van der Waals surface area (Å²) in [5, 5.41) is 9.03. The number of hydrogen-bond donors (Lipinski definition) is 1. The van der Waals surface area contributed by atoms with Crippen molar-refractivity contribution in [2.45, 2.75) is 39.7 Å². The van der Waals surface area contributed by atoms with Gasteiger partial charge in [-0.25, -0.2) is 4.79 Å². The zero-order chi connectivity index (χ0) is 17.3. The van der Waals surface area contributed by atoms with Crippen molar-refractivity contribution in [3.05, 3.63) is 21.7 Å². The molecule has 0 bridgehead atoms. The van der Waals surface area contributed by atoms with E-state index in [1.165, 1.54) is 0 Å². The maximum Gasteiger partial charge on any atom is 0.497 e. The normalized spacial score (nSPS) is 24.3. The number of primary amides is 1. The lowest BCUT2D eigenvalue weighted by Crippen LogP contribution is -2.61. The minimum atomic E-state index is -0.813. The van der Waals surface area contributed by atoms with Crippen molar-refractivity contribution in [1.82, 2.24) is 0 Å². The summed E-state index contributed by atoms with van der Waals surface area (Å²) in [5.74, 6) is 0. The quantitative estimate of drug-likeness (QED) is 0.830. The Morgan fingerprint density at radius 1 is 1.52 bits per heavy atom. The molecule has 2 rings (SSSR count). The van der Waals surface area contributed by atoms with Crippen molar-refractivity contribution >= 4 is 29.9 Å². The Hall–Kier alpha value is -1.69. The van der Waals surface area contributed by atoms with Gasteiger partial charge in [0.1, 0.15) is 15.6 Å². The smallest absolute Gasteiger partial charge is 0.407 e. The van der Waals surface area contributed by atoms with Gasteiger partial charge in [-0.3, -0.25) is 0 Å². The summed E-state index contributed by atoms with van der Waals surface area (Å²) in [4.78, 5) is 15.4. The maximum absolute atomic E-state index is 11.2. The molecule has 1 aromatic rings. The summed E-state index contributed by atoms with van der Waals surface area (Å²) in [5.41, 5.74) is 5.27. The van der Waals surface area contributed by atoms with Crippen LogP contribution in [0.4, 0.5) is 4.79 Å². The highest BCUT2D eigenvalue weighted by molar-refractivity contribution is 7.10. The zero-order valence-corrected chi connectivity index (χ0v) is 14.6. The molecule has 0 aliphatic carbocycles. The molecule has 1 fully saturated rings. The highest BCUT2D eigenvalue weighted by Gasteiger charge is 2.49. The van der Waals surface area contributed by atoms with Crippen LogP contribution in [-0.4, -0.2) is 25.4 Å². The van der Waals surface area contributed by atoms with Gasteiger partial charge in [-0.2, -0.15) is 10.3 Å². The molecule has 122 valence electrons. The van der Waals surface area contributed by atoms with Crippen molar-refractivity contribution in [3.8, 4) is 6.07 Å². The van der Waals surface area contributed by atoms with Crippen LogP contribution in [0.2, 0.25) is 0 Å². The fourth-order valence-corrected chi connectivity index (χ4v) is 3.25. The molecule has 6 nitrogen and oxygen atoms in total. The van der Waals surface area contributed by atoms with E-state index in [0.29, 0.717) is 21.6 Å². The van der Waals surface area contributed by atoms with Crippen LogP contribution in [0, 0.1) is 16.7 Å². The first kappa shape index (κ1) is 17.7. The SMILES string of the molecule is CCC1(C)OB(c2ccc(C#N)s/c2=N\C(N)=O)OCC1(C)C. The predicted octanol–water partition coefficient (Wildman–Crippen LogP) is 1.54. The first-order valence-electron chi connectivity index (χ1n) is 7.40. The lowest BCUT2D eigenvalue weighted by molar-refractivity contribution is -0.108. The van der Waals surface area contributed by atoms with Crippen LogP contribution in [0.25, 0.3) is 0 Å². The molecule has 23 heavy (non-hydrogen) atoms. The van der Waals surface area contributed by atoms with Crippen LogP contribution >= 0.6 is 11.3 Å². The monoisotopic (exact) mass is 333 g/mol. The molecule has 0 radical (unpaired) electrons. The number of nitrogens with two attached hydrogens (primary N) is 1. The van der Waals surface area contributed by atoms with Gasteiger partial charge in [0.2, 0.25) is 0 Å². The van der Waals surface area contributed by atoms with Crippen molar-refractivity contribution in [2.75, 3.05) is 6.61 Å². The molecular formula is C15H20BN3O3S. The number of carbonyl (C=O) groups excluding carboxylic acids is 1. The van der Waals surface area contributed by atoms with Gasteiger partial charge >= 0.3 is 13.1 Å². The van der Waals surface area contributed by atoms with Crippen LogP contribution in [0.15, 0.2) is 17.1 Å². The number of nitrogens with zero attached hydrogens (tertiary/aromatic N) is 2. The second-order valence-corrected chi connectivity index (χ2v) is 7.38. The van der Waals surface area contributed by atoms with Crippen LogP contribution in [-0.2, 0) is 9.31 Å². The van der Waals surface area contributed by atoms with E-state index in [-0.39, 0.29) is 11.0 Å². The van der Waals surface area contributed by atoms with E-state index in [1.54, 1.807) is 12.1 Å². The third-order valence-electron chi connectivity index (χ3n) is 4.51. The Morgan fingerprint density at radius 3 is 2.78 bits per heavy atom. The lowest BCUT2D eigenvalue weighted by atomic mass is 9.68. The largest absolute Gasteiger partial charge is 0.497 e. The third kappa shape index (κ3) is 3.47. The van der Waals surface area contributed by atoms with E-state index < -0.39 is 13.1 Å². The number of carbonyl (C=O) groups is 1. The molecule has 1 aliphatic heterocycles. The molecule has 2 heterocycles. The molecule has 2 N–H and O–H groups in total. The van der Waals surface area contributed by atoms with Crippen LogP contribution in [0.1, 0.15) is 39.0 Å². The van der Waals surface area contributed by atoms with E-state index in [1.807, 2.05) is 6.07 Å². The van der Waals surface area contributed by atoms with E-state index in [9.17, 15) is 4.79 Å². The van der Waals surface area contributed by atoms with Gasteiger partial charge in [-0.05, 0) is 19.4 Å². The number of nitriles is 1. The van der Waals surface area contributed by atoms with Gasteiger partial charge in [-0.15, -0.1) is 11.3 Å². The van der Waals surface area contributed by atoms with Gasteiger partial charge in [0.05, 0.1) is 5.60 Å². The lowest BCUT2D eigenvalue weighted by Gasteiger charge is -2.49. The fraction of sp³-hybridized carbons (Fsp3) is 0.533. The van der Waals surface area contributed by atoms with E-state index >= 15 is 0 Å². The Kier molecular flexibility index (Phi) is 4.94. The first-order chi connectivity index (χ1) is 10.7. The van der Waals surface area contributed by atoms with Gasteiger partial charge in [0.25, 0.3) is 0 Å². The molecule has 1 saturated heterocycles. The molecule has 0 spiro atoms. The number of urea groups is 1. The molecule has 1 atom stereocenters. The van der Waals surface area contributed by atoms with E-state index in [2.05, 4.69) is 32.7 Å². The molecule has 2 amide bonds. The summed E-state index contributed by atoms with van der Waals surface area (Å²) in [6.07, 6.45) is 0.821. The summed E-state index contributed by atoms with van der Waals surface area (Å²) in [7, 11) is -0.643. The van der Waals surface area contributed by atoms with Crippen LogP contribution < -0.4 is 15.9 Å². The standard InChI is InChI=1S/C15H20BN3O3S/c1-5-15(4)14(2,3)9-21-16(22-15)11-7-6-10(8-17)23-12(11)19-13(18)20/h6-7H,5,9H2,1-4H3,(H2,18,20)/b19-12-. The van der Waals surface area contributed by atoms with Crippen LogP contribution in [0.3, 0.4) is 0 Å². The molecule has 0 saturated carbocycles. The summed E-state index contributed by atoms with van der Waals surface area (Å²) >= 11 is 1.09. The molecule has 1 unspecified atom stereocenters. The summed E-state index contributed by atoms with van der Waals surface area (Å²) in [6.45, 7) is 8.84. The summed E-state index contributed by atoms with van der Waals surface area (Å²) in [6, 6.07) is 4.59. The Labute approximate surface area is 140 Å². The van der Waals surface area contributed by atoms with Crippen molar-refractivity contribution in [3.63, 3.8) is 0 Å². The van der Waals surface area contributed by atoms with Crippen molar-refractivity contribution in [2.24, 2.45) is 16.1 Å². The predicted molar refractivity (Wildman–Crippen MR) is 89.1 cm³/mol. The van der Waals surface area contributed by atoms with Gasteiger partial charge in [-0.1, -0.05) is 26.8 Å². The number of hydrogen-bond acceptors (Lipinski definition) is 5. The highest BCUT2D eigenvalue weighted by atomic mass is 32.1. The first-order valence-corrected chi connectivity index (χ1v) is 8.22. The van der Waals surface area contributed by atoms with Crippen molar-refractivity contribution < 1.29 is 14.1 Å². The average molecular weight is 333 g/mol. The Morgan fingerprint density at radius 2 is 2.22 bits per heavy atom. The molecule has 8 heteroatoms. The minimum Gasteiger partial charge on any atom is -0.407 e. The second-order valence-electron chi connectivity index (χ2n) is 6.35. The Bertz CT molecular complexity index is 725. The zero-order valence-electron chi connectivity index (χ0n) is 13.8. The van der Waals surface area contributed by atoms with E-state index in [0.717, 1.165) is 17.8 Å². The number of rotatable bonds is 2. The summed E-state index contributed by atoms with van der Waals surface area (Å²) < 4.78 is 12.4. The van der Waals surface area contributed by atoms with Crippen LogP contribution in [0.5, 0.6) is 0 Å². The van der Waals surface area contributed by atoms with E-state index in [4.69, 9.17) is 20.3 Å². The van der Waals surface area contributed by atoms with Gasteiger partial charge in [0.15, 0.2) is 0 Å². The minimum absolute atomic E-state index is 0.144. The average Bonchev–Trinajstić information content (AvgIpc) is 2.49. The number of amides is 2. The maximum atomic E-state index is 11.2. The van der Waals surface area contributed by atoms with Gasteiger partial charge in [0, 0.05) is 17.5 Å². The molecule has 0 aromatic carbocycles. The third-order valence-corrected chi connectivity index (χ3v) is 5.48. The highest BCUT2D eigenvalue weighted by Crippen LogP contribution is 2.40. The van der Waals surface area contributed by atoms with Crippen molar-refractivity contribution in [1.29, 1.82) is 5.26 Å². The molecule has 1 aliphatic rings.